The molecule has 1 N–H and O–H groups in total. The van der Waals surface area contributed by atoms with Gasteiger partial charge in [-0.25, -0.2) is 9.18 Å². The van der Waals surface area contributed by atoms with E-state index in [2.05, 4.69) is 5.32 Å². The third kappa shape index (κ3) is 3.61. The van der Waals surface area contributed by atoms with E-state index in [1.54, 1.807) is 6.07 Å². The van der Waals surface area contributed by atoms with Crippen LogP contribution in [0, 0.1) is 5.82 Å². The summed E-state index contributed by atoms with van der Waals surface area (Å²) in [4.78, 5) is 11.8. The Hall–Kier alpha value is -0.780. The zero-order valence-corrected chi connectivity index (χ0v) is 12.1. The molecule has 6 heteroatoms. The van der Waals surface area contributed by atoms with E-state index in [1.165, 1.54) is 19.2 Å². The molecule has 0 amide bonds. The minimum Gasteiger partial charge on any atom is -0.468 e. The second-order valence-corrected chi connectivity index (χ2v) is 5.91. The van der Waals surface area contributed by atoms with Crippen molar-refractivity contribution < 1.29 is 13.9 Å². The lowest BCUT2D eigenvalue weighted by Gasteiger charge is -2.21. The van der Waals surface area contributed by atoms with Crippen molar-refractivity contribution in [2.75, 3.05) is 18.6 Å². The number of esters is 1. The summed E-state index contributed by atoms with van der Waals surface area (Å²) in [5.41, 5.74) is 0.533. The molecular weight excluding hydrogens is 289 g/mol. The van der Waals surface area contributed by atoms with E-state index >= 15 is 0 Å². The molecule has 1 aliphatic heterocycles. The highest BCUT2D eigenvalue weighted by Crippen LogP contribution is 2.24. The smallest absolute Gasteiger partial charge is 0.327 e. The summed E-state index contributed by atoms with van der Waals surface area (Å²) in [6.07, 6.45) is 0.994. The lowest BCUT2D eigenvalue weighted by molar-refractivity contribution is -0.143. The van der Waals surface area contributed by atoms with Gasteiger partial charge in [0.15, 0.2) is 0 Å². The first-order chi connectivity index (χ1) is 9.11. The van der Waals surface area contributed by atoms with Crippen LogP contribution in [0.15, 0.2) is 18.2 Å². The van der Waals surface area contributed by atoms with Gasteiger partial charge in [-0.2, -0.15) is 11.8 Å². The Kier molecular flexibility index (Phi) is 5.07. The minimum absolute atomic E-state index is 0.0452. The molecule has 19 heavy (non-hydrogen) atoms. The molecule has 0 aromatic heterocycles. The predicted octanol–water partition coefficient (Wildman–Crippen LogP) is 2.79. The number of rotatable bonds is 4. The zero-order valence-electron chi connectivity index (χ0n) is 10.5. The van der Waals surface area contributed by atoms with E-state index in [9.17, 15) is 9.18 Å². The number of hydrogen-bond donors (Lipinski definition) is 1. The lowest BCUT2D eigenvalue weighted by atomic mass is 10.1. The highest BCUT2D eigenvalue weighted by atomic mass is 35.5. The third-order valence-corrected chi connectivity index (χ3v) is 4.51. The molecule has 1 fully saturated rings. The first kappa shape index (κ1) is 14.6. The molecule has 3 nitrogen and oxygen atoms in total. The SMILES string of the molecule is COC(=O)[C@@H](N[C@@H]1CCSC1)c1ccc(Cl)c(F)c1. The van der Waals surface area contributed by atoms with Crippen molar-refractivity contribution in [3.05, 3.63) is 34.6 Å². The van der Waals surface area contributed by atoms with Crippen molar-refractivity contribution >= 4 is 29.3 Å². The van der Waals surface area contributed by atoms with Gasteiger partial charge in [-0.15, -0.1) is 0 Å². The quantitative estimate of drug-likeness (QED) is 0.868. The van der Waals surface area contributed by atoms with Crippen LogP contribution in [0.25, 0.3) is 0 Å². The van der Waals surface area contributed by atoms with Crippen LogP contribution in [-0.4, -0.2) is 30.6 Å². The number of carbonyl (C=O) groups is 1. The number of carbonyl (C=O) groups excluding carboxylic acids is 1. The van der Waals surface area contributed by atoms with Gasteiger partial charge in [0.25, 0.3) is 0 Å². The van der Waals surface area contributed by atoms with Gasteiger partial charge in [-0.3, -0.25) is 5.32 Å². The number of benzene rings is 1. The van der Waals surface area contributed by atoms with Gasteiger partial charge in [0.05, 0.1) is 12.1 Å². The molecule has 1 aliphatic rings. The van der Waals surface area contributed by atoms with Crippen LogP contribution in [0.2, 0.25) is 5.02 Å². The number of ether oxygens (including phenoxy) is 1. The van der Waals surface area contributed by atoms with E-state index in [4.69, 9.17) is 16.3 Å². The largest absolute Gasteiger partial charge is 0.468 e. The first-order valence-electron chi connectivity index (χ1n) is 5.98. The lowest BCUT2D eigenvalue weighted by Crippen LogP contribution is -2.37. The average Bonchev–Trinajstić information content (AvgIpc) is 2.91. The first-order valence-corrected chi connectivity index (χ1v) is 7.51. The van der Waals surface area contributed by atoms with Crippen LogP contribution in [0.4, 0.5) is 4.39 Å². The Morgan fingerprint density at radius 1 is 1.63 bits per heavy atom. The zero-order chi connectivity index (χ0) is 13.8. The molecule has 1 aromatic rings. The van der Waals surface area contributed by atoms with E-state index in [-0.39, 0.29) is 11.1 Å². The minimum atomic E-state index is -0.652. The molecule has 1 heterocycles. The normalized spacial score (nSPS) is 20.3. The van der Waals surface area contributed by atoms with Crippen LogP contribution in [-0.2, 0) is 9.53 Å². The molecule has 1 saturated heterocycles. The molecule has 1 aromatic carbocycles. The number of thioether (sulfide) groups is 1. The highest BCUT2D eigenvalue weighted by Gasteiger charge is 2.27. The maximum Gasteiger partial charge on any atom is 0.327 e. The van der Waals surface area contributed by atoms with Gasteiger partial charge >= 0.3 is 5.97 Å². The van der Waals surface area contributed by atoms with Crippen molar-refractivity contribution in [2.24, 2.45) is 0 Å². The van der Waals surface area contributed by atoms with Crippen molar-refractivity contribution in [1.29, 1.82) is 0 Å². The van der Waals surface area contributed by atoms with Crippen LogP contribution >= 0.6 is 23.4 Å². The molecule has 0 aliphatic carbocycles. The molecule has 2 rings (SSSR count). The Balaban J connectivity index is 2.20. The monoisotopic (exact) mass is 303 g/mol. The molecule has 0 spiro atoms. The fourth-order valence-electron chi connectivity index (χ4n) is 2.01. The maximum atomic E-state index is 13.5. The standard InChI is InChI=1S/C13H15ClFNO2S/c1-18-13(17)12(16-9-4-5-19-7-9)8-2-3-10(14)11(15)6-8/h2-3,6,9,12,16H,4-5,7H2,1H3/t9-,12+/m1/s1. The van der Waals surface area contributed by atoms with Gasteiger partial charge < -0.3 is 4.74 Å². The summed E-state index contributed by atoms with van der Waals surface area (Å²) in [7, 11) is 1.33. The summed E-state index contributed by atoms with van der Waals surface area (Å²) in [5.74, 6) is 1.07. The van der Waals surface area contributed by atoms with Crippen molar-refractivity contribution in [1.82, 2.24) is 5.32 Å². The fourth-order valence-corrected chi connectivity index (χ4v) is 3.29. The summed E-state index contributed by atoms with van der Waals surface area (Å²) in [6.45, 7) is 0. The summed E-state index contributed by atoms with van der Waals surface area (Å²) >= 11 is 7.49. The molecular formula is C13H15ClFNO2S. The third-order valence-electron chi connectivity index (χ3n) is 3.05. The van der Waals surface area contributed by atoms with Gasteiger partial charge in [0, 0.05) is 11.8 Å². The summed E-state index contributed by atoms with van der Waals surface area (Å²) in [6, 6.07) is 3.96. The number of hydrogen-bond acceptors (Lipinski definition) is 4. The van der Waals surface area contributed by atoms with Gasteiger partial charge in [0.2, 0.25) is 0 Å². The van der Waals surface area contributed by atoms with Gasteiger partial charge in [-0.05, 0) is 29.9 Å². The average molecular weight is 304 g/mol. The topological polar surface area (TPSA) is 38.3 Å². The van der Waals surface area contributed by atoms with Crippen LogP contribution in [0.5, 0.6) is 0 Å². The highest BCUT2D eigenvalue weighted by molar-refractivity contribution is 7.99. The Morgan fingerprint density at radius 2 is 2.42 bits per heavy atom. The molecule has 0 saturated carbocycles. The molecule has 0 radical (unpaired) electrons. The Bertz CT molecular complexity index is 466. The molecule has 2 atom stereocenters. The number of halogens is 2. The maximum absolute atomic E-state index is 13.5. The summed E-state index contributed by atoms with van der Waals surface area (Å²) in [5, 5.41) is 3.27. The van der Waals surface area contributed by atoms with E-state index < -0.39 is 17.8 Å². The van der Waals surface area contributed by atoms with E-state index in [0.717, 1.165) is 17.9 Å². The molecule has 0 bridgehead atoms. The van der Waals surface area contributed by atoms with E-state index in [1.807, 2.05) is 11.8 Å². The van der Waals surface area contributed by atoms with Crippen LogP contribution < -0.4 is 5.32 Å². The fraction of sp³-hybridized carbons (Fsp3) is 0.462. The van der Waals surface area contributed by atoms with Crippen molar-refractivity contribution in [2.45, 2.75) is 18.5 Å². The Labute approximate surface area is 120 Å². The molecule has 0 unspecified atom stereocenters. The predicted molar refractivity (Wildman–Crippen MR) is 75.0 cm³/mol. The summed E-state index contributed by atoms with van der Waals surface area (Å²) < 4.78 is 18.3. The van der Waals surface area contributed by atoms with Crippen LogP contribution in [0.3, 0.4) is 0 Å². The van der Waals surface area contributed by atoms with Crippen molar-refractivity contribution in [3.63, 3.8) is 0 Å². The van der Waals surface area contributed by atoms with Gasteiger partial charge in [-0.1, -0.05) is 17.7 Å². The second-order valence-electron chi connectivity index (χ2n) is 4.36. The number of nitrogens with one attached hydrogen (secondary N) is 1. The second kappa shape index (κ2) is 6.59. The van der Waals surface area contributed by atoms with Crippen molar-refractivity contribution in [3.8, 4) is 0 Å². The van der Waals surface area contributed by atoms with Gasteiger partial charge in [0.1, 0.15) is 11.9 Å². The number of methoxy groups -OCH3 is 1. The van der Waals surface area contributed by atoms with E-state index in [0.29, 0.717) is 5.56 Å². The van der Waals surface area contributed by atoms with Crippen LogP contribution in [0.1, 0.15) is 18.0 Å². The Morgan fingerprint density at radius 3 is 3.00 bits per heavy atom. The molecule has 104 valence electrons.